The Kier molecular flexibility index (Phi) is 5.66. The number of benzene rings is 2. The second-order valence-corrected chi connectivity index (χ2v) is 6.35. The molecule has 6 heteroatoms. The fourth-order valence-electron chi connectivity index (χ4n) is 2.48. The third-order valence-corrected chi connectivity index (χ3v) is 3.60. The van der Waals surface area contributed by atoms with Gasteiger partial charge in [0.05, 0.1) is 6.10 Å². The van der Waals surface area contributed by atoms with Gasteiger partial charge in [0.1, 0.15) is 11.4 Å². The summed E-state index contributed by atoms with van der Waals surface area (Å²) in [5, 5.41) is 5.96. The van der Waals surface area contributed by atoms with Gasteiger partial charge in [-0.15, -0.1) is 0 Å². The molecule has 0 saturated heterocycles. The van der Waals surface area contributed by atoms with Gasteiger partial charge in [0.2, 0.25) is 5.95 Å². The van der Waals surface area contributed by atoms with E-state index in [2.05, 4.69) is 20.6 Å². The fourth-order valence-corrected chi connectivity index (χ4v) is 2.48. The van der Waals surface area contributed by atoms with E-state index in [1.165, 1.54) is 0 Å². The van der Waals surface area contributed by atoms with Gasteiger partial charge in [-0.2, -0.15) is 0 Å². The van der Waals surface area contributed by atoms with E-state index in [4.69, 9.17) is 4.74 Å². The Bertz CT molecular complexity index is 909. The maximum absolute atomic E-state index is 12.5. The standard InChI is InChI=1S/C21H22N4O2/c1-14(2)27-18-11-9-17(10-12-18)24-21-22-15(3)13-19(25-21)20(26)23-16-7-5-4-6-8-16/h4-14H,1-3H3,(H,23,26)(H,22,24,25). The van der Waals surface area contributed by atoms with E-state index in [0.29, 0.717) is 23.0 Å². The van der Waals surface area contributed by atoms with Gasteiger partial charge in [0.25, 0.3) is 5.91 Å². The maximum Gasteiger partial charge on any atom is 0.274 e. The molecule has 0 aliphatic heterocycles. The minimum absolute atomic E-state index is 0.120. The monoisotopic (exact) mass is 362 g/mol. The van der Waals surface area contributed by atoms with Crippen LogP contribution in [0.3, 0.4) is 0 Å². The molecule has 0 aliphatic carbocycles. The summed E-state index contributed by atoms with van der Waals surface area (Å²) in [5.41, 5.74) is 2.53. The van der Waals surface area contributed by atoms with Crippen LogP contribution in [0.5, 0.6) is 5.75 Å². The molecule has 1 amide bonds. The van der Waals surface area contributed by atoms with Crippen molar-refractivity contribution in [3.8, 4) is 5.75 Å². The highest BCUT2D eigenvalue weighted by Gasteiger charge is 2.11. The zero-order valence-electron chi connectivity index (χ0n) is 15.6. The molecule has 0 fully saturated rings. The van der Waals surface area contributed by atoms with Crippen LogP contribution in [-0.2, 0) is 0 Å². The number of aromatic nitrogens is 2. The fraction of sp³-hybridized carbons (Fsp3) is 0.190. The number of amides is 1. The number of nitrogens with one attached hydrogen (secondary N) is 2. The number of nitrogens with zero attached hydrogens (tertiary/aromatic N) is 2. The summed E-state index contributed by atoms with van der Waals surface area (Å²) in [4.78, 5) is 21.2. The van der Waals surface area contributed by atoms with E-state index >= 15 is 0 Å². The third-order valence-electron chi connectivity index (χ3n) is 3.60. The quantitative estimate of drug-likeness (QED) is 0.672. The predicted octanol–water partition coefficient (Wildman–Crippen LogP) is 4.57. The van der Waals surface area contributed by atoms with Gasteiger partial charge in [0, 0.05) is 17.1 Å². The number of anilines is 3. The summed E-state index contributed by atoms with van der Waals surface area (Å²) in [6, 6.07) is 18.4. The molecule has 1 heterocycles. The lowest BCUT2D eigenvalue weighted by Crippen LogP contribution is -2.15. The minimum Gasteiger partial charge on any atom is -0.491 e. The van der Waals surface area contributed by atoms with Crippen LogP contribution < -0.4 is 15.4 Å². The van der Waals surface area contributed by atoms with Crippen LogP contribution in [-0.4, -0.2) is 22.0 Å². The molecule has 0 bridgehead atoms. The molecule has 27 heavy (non-hydrogen) atoms. The van der Waals surface area contributed by atoms with E-state index in [0.717, 1.165) is 11.4 Å². The van der Waals surface area contributed by atoms with Crippen LogP contribution in [0.4, 0.5) is 17.3 Å². The van der Waals surface area contributed by atoms with Gasteiger partial charge in [-0.25, -0.2) is 9.97 Å². The van der Waals surface area contributed by atoms with Gasteiger partial charge >= 0.3 is 0 Å². The lowest BCUT2D eigenvalue weighted by molar-refractivity contribution is 0.102. The Morgan fingerprint density at radius 2 is 1.67 bits per heavy atom. The molecular weight excluding hydrogens is 340 g/mol. The van der Waals surface area contributed by atoms with Gasteiger partial charge < -0.3 is 15.4 Å². The SMILES string of the molecule is Cc1cc(C(=O)Nc2ccccc2)nc(Nc2ccc(OC(C)C)cc2)n1. The first kappa shape index (κ1) is 18.4. The lowest BCUT2D eigenvalue weighted by atomic mass is 10.3. The Morgan fingerprint density at radius 3 is 2.33 bits per heavy atom. The van der Waals surface area contributed by atoms with E-state index in [-0.39, 0.29) is 12.0 Å². The Morgan fingerprint density at radius 1 is 0.963 bits per heavy atom. The summed E-state index contributed by atoms with van der Waals surface area (Å²) >= 11 is 0. The van der Waals surface area contributed by atoms with E-state index < -0.39 is 0 Å². The summed E-state index contributed by atoms with van der Waals surface area (Å²) in [6.45, 7) is 5.79. The van der Waals surface area contributed by atoms with Crippen molar-refractivity contribution in [3.63, 3.8) is 0 Å². The topological polar surface area (TPSA) is 76.1 Å². The number of aryl methyl sites for hydroxylation is 1. The molecule has 0 atom stereocenters. The molecule has 0 aliphatic rings. The molecule has 2 aromatic carbocycles. The van der Waals surface area contributed by atoms with Crippen LogP contribution in [0.1, 0.15) is 30.0 Å². The van der Waals surface area contributed by atoms with Crippen molar-refractivity contribution < 1.29 is 9.53 Å². The average molecular weight is 362 g/mol. The third kappa shape index (κ3) is 5.28. The van der Waals surface area contributed by atoms with Crippen molar-refractivity contribution in [3.05, 3.63) is 72.1 Å². The first-order chi connectivity index (χ1) is 13.0. The highest BCUT2D eigenvalue weighted by molar-refractivity contribution is 6.03. The highest BCUT2D eigenvalue weighted by Crippen LogP contribution is 2.20. The molecule has 3 aromatic rings. The van der Waals surface area contributed by atoms with Crippen LogP contribution in [0.15, 0.2) is 60.7 Å². The number of carbonyl (C=O) groups excluding carboxylic acids is 1. The molecule has 1 aromatic heterocycles. The van der Waals surface area contributed by atoms with Gasteiger partial charge in [-0.3, -0.25) is 4.79 Å². The van der Waals surface area contributed by atoms with E-state index in [1.807, 2.05) is 75.4 Å². The largest absolute Gasteiger partial charge is 0.491 e. The Labute approximate surface area is 158 Å². The molecule has 0 radical (unpaired) electrons. The van der Waals surface area contributed by atoms with Gasteiger partial charge in [-0.05, 0) is 63.2 Å². The van der Waals surface area contributed by atoms with Crippen molar-refractivity contribution in [1.82, 2.24) is 9.97 Å². The predicted molar refractivity (Wildman–Crippen MR) is 107 cm³/mol. The molecule has 2 N–H and O–H groups in total. The van der Waals surface area contributed by atoms with Crippen molar-refractivity contribution in [2.24, 2.45) is 0 Å². The second kappa shape index (κ2) is 8.31. The first-order valence-corrected chi connectivity index (χ1v) is 8.75. The Balaban J connectivity index is 1.74. The number of ether oxygens (including phenoxy) is 1. The van der Waals surface area contributed by atoms with Crippen LogP contribution in [0, 0.1) is 6.92 Å². The number of rotatable bonds is 6. The zero-order chi connectivity index (χ0) is 19.2. The second-order valence-electron chi connectivity index (χ2n) is 6.35. The molecule has 138 valence electrons. The molecular formula is C21H22N4O2. The van der Waals surface area contributed by atoms with Crippen molar-refractivity contribution >= 4 is 23.2 Å². The van der Waals surface area contributed by atoms with E-state index in [9.17, 15) is 4.79 Å². The summed E-state index contributed by atoms with van der Waals surface area (Å²) < 4.78 is 5.63. The van der Waals surface area contributed by atoms with Crippen molar-refractivity contribution in [1.29, 1.82) is 0 Å². The van der Waals surface area contributed by atoms with Crippen LogP contribution >= 0.6 is 0 Å². The summed E-state index contributed by atoms with van der Waals surface area (Å²) in [7, 11) is 0. The number of para-hydroxylation sites is 1. The van der Waals surface area contributed by atoms with Crippen molar-refractivity contribution in [2.75, 3.05) is 10.6 Å². The number of hydrogen-bond donors (Lipinski definition) is 2. The van der Waals surface area contributed by atoms with Crippen LogP contribution in [0.25, 0.3) is 0 Å². The molecule has 0 spiro atoms. The van der Waals surface area contributed by atoms with Crippen molar-refractivity contribution in [2.45, 2.75) is 26.9 Å². The van der Waals surface area contributed by atoms with E-state index in [1.54, 1.807) is 6.07 Å². The first-order valence-electron chi connectivity index (χ1n) is 8.75. The minimum atomic E-state index is -0.282. The van der Waals surface area contributed by atoms with Gasteiger partial charge in [0.15, 0.2) is 0 Å². The average Bonchev–Trinajstić information content (AvgIpc) is 2.63. The maximum atomic E-state index is 12.5. The number of hydrogen-bond acceptors (Lipinski definition) is 5. The molecule has 0 unspecified atom stereocenters. The lowest BCUT2D eigenvalue weighted by Gasteiger charge is -2.11. The molecule has 6 nitrogen and oxygen atoms in total. The number of carbonyl (C=O) groups is 1. The normalized spacial score (nSPS) is 10.5. The molecule has 0 saturated carbocycles. The smallest absolute Gasteiger partial charge is 0.274 e. The van der Waals surface area contributed by atoms with Crippen LogP contribution in [0.2, 0.25) is 0 Å². The summed E-state index contributed by atoms with van der Waals surface area (Å²) in [6.07, 6.45) is 0.120. The highest BCUT2D eigenvalue weighted by atomic mass is 16.5. The Hall–Kier alpha value is -3.41. The van der Waals surface area contributed by atoms with Gasteiger partial charge in [-0.1, -0.05) is 18.2 Å². The zero-order valence-corrected chi connectivity index (χ0v) is 15.6. The summed E-state index contributed by atoms with van der Waals surface area (Å²) in [5.74, 6) is 0.879. The molecule has 3 rings (SSSR count).